The van der Waals surface area contributed by atoms with Gasteiger partial charge < -0.3 is 10.6 Å². The van der Waals surface area contributed by atoms with Crippen LogP contribution >= 0.6 is 27.5 Å². The molecule has 2 aromatic rings. The highest BCUT2D eigenvalue weighted by Gasteiger charge is 2.07. The fraction of sp³-hybridized carbons (Fsp3) is 0.133. The number of hydrogen-bond acceptors (Lipinski definition) is 2. The molecule has 0 aromatic heterocycles. The number of carbonyl (C=O) groups excluding carboxylic acids is 1. The lowest BCUT2D eigenvalue weighted by Gasteiger charge is -2.11. The van der Waals surface area contributed by atoms with Crippen molar-refractivity contribution in [1.29, 1.82) is 0 Å². The van der Waals surface area contributed by atoms with Crippen molar-refractivity contribution in [2.24, 2.45) is 0 Å². The second-order valence-electron chi connectivity index (χ2n) is 4.29. The third-order valence-corrected chi connectivity index (χ3v) is 3.96. The van der Waals surface area contributed by atoms with Crippen molar-refractivity contribution in [3.63, 3.8) is 0 Å². The Bertz CT molecular complexity index is 631. The number of carbonyl (C=O) groups is 1. The number of benzene rings is 2. The fourth-order valence-corrected chi connectivity index (χ4v) is 2.32. The van der Waals surface area contributed by atoms with Crippen LogP contribution in [0, 0.1) is 6.92 Å². The molecule has 0 aliphatic carbocycles. The average Bonchev–Trinajstić information content (AvgIpc) is 2.43. The standard InChI is InChI=1S/C15H14BrClN2O/c1-10-12(17)6-4-8-13(10)19-15(20)9-18-14-7-3-2-5-11(14)16/h2-8,18H,9H2,1H3,(H,19,20). The summed E-state index contributed by atoms with van der Waals surface area (Å²) < 4.78 is 0.923. The molecule has 0 atom stereocenters. The Kier molecular flexibility index (Phi) is 5.04. The van der Waals surface area contributed by atoms with E-state index in [0.29, 0.717) is 5.02 Å². The Balaban J connectivity index is 1.96. The summed E-state index contributed by atoms with van der Waals surface area (Å²) in [5, 5.41) is 6.56. The van der Waals surface area contributed by atoms with E-state index in [-0.39, 0.29) is 12.5 Å². The maximum absolute atomic E-state index is 11.9. The first kappa shape index (κ1) is 14.9. The first-order valence-electron chi connectivity index (χ1n) is 6.11. The van der Waals surface area contributed by atoms with Gasteiger partial charge in [-0.3, -0.25) is 4.79 Å². The van der Waals surface area contributed by atoms with E-state index in [1.54, 1.807) is 6.07 Å². The van der Waals surface area contributed by atoms with Crippen LogP contribution in [0.5, 0.6) is 0 Å². The Labute approximate surface area is 131 Å². The number of rotatable bonds is 4. The van der Waals surface area contributed by atoms with Crippen LogP contribution in [0.25, 0.3) is 0 Å². The maximum Gasteiger partial charge on any atom is 0.243 e. The average molecular weight is 354 g/mol. The molecule has 0 spiro atoms. The largest absolute Gasteiger partial charge is 0.375 e. The van der Waals surface area contributed by atoms with Crippen LogP contribution < -0.4 is 10.6 Å². The molecule has 2 aromatic carbocycles. The van der Waals surface area contributed by atoms with Crippen molar-refractivity contribution in [2.45, 2.75) is 6.92 Å². The first-order valence-corrected chi connectivity index (χ1v) is 7.28. The molecule has 3 nitrogen and oxygen atoms in total. The van der Waals surface area contributed by atoms with E-state index in [4.69, 9.17) is 11.6 Å². The van der Waals surface area contributed by atoms with Crippen molar-refractivity contribution >= 4 is 44.8 Å². The molecule has 5 heteroatoms. The van der Waals surface area contributed by atoms with E-state index in [2.05, 4.69) is 26.6 Å². The summed E-state index contributed by atoms with van der Waals surface area (Å²) >= 11 is 9.44. The Morgan fingerprint density at radius 1 is 1.15 bits per heavy atom. The topological polar surface area (TPSA) is 41.1 Å². The third kappa shape index (κ3) is 3.74. The van der Waals surface area contributed by atoms with Gasteiger partial charge in [-0.05, 0) is 52.7 Å². The lowest BCUT2D eigenvalue weighted by molar-refractivity contribution is -0.114. The normalized spacial score (nSPS) is 10.2. The molecule has 2 N–H and O–H groups in total. The van der Waals surface area contributed by atoms with Crippen molar-refractivity contribution in [3.05, 3.63) is 57.5 Å². The summed E-state index contributed by atoms with van der Waals surface area (Å²) in [4.78, 5) is 11.9. The predicted molar refractivity (Wildman–Crippen MR) is 87.5 cm³/mol. The SMILES string of the molecule is Cc1c(Cl)cccc1NC(=O)CNc1ccccc1Br. The van der Waals surface area contributed by atoms with Crippen LogP contribution in [-0.4, -0.2) is 12.5 Å². The molecule has 20 heavy (non-hydrogen) atoms. The van der Waals surface area contributed by atoms with E-state index in [9.17, 15) is 4.79 Å². The minimum Gasteiger partial charge on any atom is -0.375 e. The number of para-hydroxylation sites is 1. The van der Waals surface area contributed by atoms with E-state index >= 15 is 0 Å². The summed E-state index contributed by atoms with van der Waals surface area (Å²) in [7, 11) is 0. The molecule has 0 radical (unpaired) electrons. The minimum absolute atomic E-state index is 0.119. The number of anilines is 2. The predicted octanol–water partition coefficient (Wildman–Crippen LogP) is 4.46. The molecule has 0 bridgehead atoms. The van der Waals surface area contributed by atoms with Crippen molar-refractivity contribution < 1.29 is 4.79 Å². The zero-order chi connectivity index (χ0) is 14.5. The van der Waals surface area contributed by atoms with Crippen LogP contribution in [-0.2, 0) is 4.79 Å². The van der Waals surface area contributed by atoms with Crippen LogP contribution in [0.15, 0.2) is 46.9 Å². The molecular formula is C15H14BrClN2O. The fourth-order valence-electron chi connectivity index (χ4n) is 1.72. The highest BCUT2D eigenvalue weighted by molar-refractivity contribution is 9.10. The van der Waals surface area contributed by atoms with Crippen LogP contribution in [0.2, 0.25) is 5.02 Å². The Hall–Kier alpha value is -1.52. The summed E-state index contributed by atoms with van der Waals surface area (Å²) in [5.41, 5.74) is 2.48. The van der Waals surface area contributed by atoms with Gasteiger partial charge in [-0.2, -0.15) is 0 Å². The molecule has 0 saturated heterocycles. The van der Waals surface area contributed by atoms with E-state index in [1.165, 1.54) is 0 Å². The zero-order valence-corrected chi connectivity index (χ0v) is 13.3. The minimum atomic E-state index is -0.119. The summed E-state index contributed by atoms with van der Waals surface area (Å²) in [6, 6.07) is 13.1. The molecule has 0 aliphatic heterocycles. The highest BCUT2D eigenvalue weighted by atomic mass is 79.9. The molecule has 0 aliphatic rings. The van der Waals surface area contributed by atoms with Crippen molar-refractivity contribution in [2.75, 3.05) is 17.2 Å². The van der Waals surface area contributed by atoms with Crippen molar-refractivity contribution in [1.82, 2.24) is 0 Å². The van der Waals surface area contributed by atoms with Gasteiger partial charge in [-0.25, -0.2) is 0 Å². The first-order chi connectivity index (χ1) is 9.58. The smallest absolute Gasteiger partial charge is 0.243 e. The second-order valence-corrected chi connectivity index (χ2v) is 5.56. The monoisotopic (exact) mass is 352 g/mol. The lowest BCUT2D eigenvalue weighted by atomic mass is 10.2. The van der Waals surface area contributed by atoms with Gasteiger partial charge in [-0.15, -0.1) is 0 Å². The summed E-state index contributed by atoms with van der Waals surface area (Å²) in [6.07, 6.45) is 0. The van der Waals surface area contributed by atoms with Gasteiger partial charge in [0.25, 0.3) is 0 Å². The van der Waals surface area contributed by atoms with Crippen molar-refractivity contribution in [3.8, 4) is 0 Å². The third-order valence-electron chi connectivity index (χ3n) is 2.86. The molecule has 0 fully saturated rings. The molecule has 1 amide bonds. The van der Waals surface area contributed by atoms with Gasteiger partial charge in [0.1, 0.15) is 0 Å². The van der Waals surface area contributed by atoms with Crippen LogP contribution in [0.4, 0.5) is 11.4 Å². The van der Waals surface area contributed by atoms with Gasteiger partial charge >= 0.3 is 0 Å². The maximum atomic E-state index is 11.9. The van der Waals surface area contributed by atoms with Crippen LogP contribution in [0.3, 0.4) is 0 Å². The Morgan fingerprint density at radius 3 is 2.60 bits per heavy atom. The zero-order valence-electron chi connectivity index (χ0n) is 10.9. The summed E-state index contributed by atoms with van der Waals surface area (Å²) in [6.45, 7) is 2.06. The van der Waals surface area contributed by atoms with E-state index < -0.39 is 0 Å². The molecule has 2 rings (SSSR count). The molecule has 0 unspecified atom stereocenters. The quantitative estimate of drug-likeness (QED) is 0.852. The van der Waals surface area contributed by atoms with Gasteiger partial charge in [0.2, 0.25) is 5.91 Å². The lowest BCUT2D eigenvalue weighted by Crippen LogP contribution is -2.22. The van der Waals surface area contributed by atoms with Gasteiger partial charge in [-0.1, -0.05) is 29.8 Å². The molecular weight excluding hydrogens is 340 g/mol. The number of halogens is 2. The number of hydrogen-bond donors (Lipinski definition) is 2. The molecule has 104 valence electrons. The Morgan fingerprint density at radius 2 is 1.85 bits per heavy atom. The molecule has 0 saturated carbocycles. The van der Waals surface area contributed by atoms with Gasteiger partial charge in [0.15, 0.2) is 0 Å². The van der Waals surface area contributed by atoms with Gasteiger partial charge in [0.05, 0.1) is 6.54 Å². The van der Waals surface area contributed by atoms with Gasteiger partial charge in [0, 0.05) is 20.9 Å². The molecule has 0 heterocycles. The van der Waals surface area contributed by atoms with E-state index in [1.807, 2.05) is 43.3 Å². The summed E-state index contributed by atoms with van der Waals surface area (Å²) in [5.74, 6) is -0.119. The van der Waals surface area contributed by atoms with Crippen LogP contribution in [0.1, 0.15) is 5.56 Å². The number of nitrogens with one attached hydrogen (secondary N) is 2. The van der Waals surface area contributed by atoms with E-state index in [0.717, 1.165) is 21.4 Å². The number of amides is 1. The second kappa shape index (κ2) is 6.77. The highest BCUT2D eigenvalue weighted by Crippen LogP contribution is 2.23.